The number of rotatable bonds is 7. The van der Waals surface area contributed by atoms with Crippen LogP contribution in [0.15, 0.2) is 41.3 Å². The summed E-state index contributed by atoms with van der Waals surface area (Å²) in [5.74, 6) is -0.0634. The van der Waals surface area contributed by atoms with E-state index in [9.17, 15) is 12.8 Å². The molecule has 0 aromatic heterocycles. The van der Waals surface area contributed by atoms with Crippen LogP contribution in [0, 0.1) is 19.7 Å². The fraction of sp³-hybridized carbons (Fsp3) is 0.294. The number of halogens is 1. The Kier molecular flexibility index (Phi) is 5.80. The van der Waals surface area contributed by atoms with Gasteiger partial charge in [-0.05, 0) is 55.3 Å². The van der Waals surface area contributed by atoms with Crippen molar-refractivity contribution in [3.63, 3.8) is 0 Å². The van der Waals surface area contributed by atoms with Crippen molar-refractivity contribution >= 4 is 10.0 Å². The third-order valence-corrected chi connectivity index (χ3v) is 5.03. The van der Waals surface area contributed by atoms with Crippen molar-refractivity contribution in [1.82, 2.24) is 4.72 Å². The van der Waals surface area contributed by atoms with Crippen molar-refractivity contribution in [3.05, 3.63) is 53.3 Å². The highest BCUT2D eigenvalue weighted by atomic mass is 32.2. The molecule has 0 atom stereocenters. The van der Waals surface area contributed by atoms with E-state index in [0.717, 1.165) is 17.2 Å². The van der Waals surface area contributed by atoms with Crippen molar-refractivity contribution < 1.29 is 22.3 Å². The monoisotopic (exact) mass is 353 g/mol. The fourth-order valence-electron chi connectivity index (χ4n) is 2.05. The van der Waals surface area contributed by atoms with Gasteiger partial charge in [0.15, 0.2) is 11.6 Å². The van der Waals surface area contributed by atoms with E-state index in [-0.39, 0.29) is 23.8 Å². The second kappa shape index (κ2) is 7.63. The molecule has 0 amide bonds. The van der Waals surface area contributed by atoms with E-state index in [1.54, 1.807) is 0 Å². The molecule has 0 aliphatic rings. The van der Waals surface area contributed by atoms with Gasteiger partial charge in [0.25, 0.3) is 0 Å². The summed E-state index contributed by atoms with van der Waals surface area (Å²) in [5.41, 5.74) is 2.26. The molecule has 0 aliphatic heterocycles. The first kappa shape index (κ1) is 18.2. The Morgan fingerprint density at radius 2 is 1.83 bits per heavy atom. The van der Waals surface area contributed by atoms with Crippen LogP contribution in [-0.2, 0) is 10.0 Å². The van der Waals surface area contributed by atoms with Gasteiger partial charge in [-0.2, -0.15) is 0 Å². The van der Waals surface area contributed by atoms with Crippen LogP contribution in [-0.4, -0.2) is 28.7 Å². The van der Waals surface area contributed by atoms with Crippen molar-refractivity contribution in [2.75, 3.05) is 20.3 Å². The Morgan fingerprint density at radius 1 is 1.08 bits per heavy atom. The number of sulfonamides is 1. The van der Waals surface area contributed by atoms with Crippen LogP contribution < -0.4 is 14.2 Å². The molecule has 130 valence electrons. The van der Waals surface area contributed by atoms with Crippen molar-refractivity contribution in [3.8, 4) is 11.5 Å². The number of ether oxygens (including phenoxy) is 2. The summed E-state index contributed by atoms with van der Waals surface area (Å²) in [6.07, 6.45) is 0. The van der Waals surface area contributed by atoms with Gasteiger partial charge in [0.2, 0.25) is 10.0 Å². The summed E-state index contributed by atoms with van der Waals surface area (Å²) in [4.78, 5) is -0.160. The molecule has 0 heterocycles. The summed E-state index contributed by atoms with van der Waals surface area (Å²) in [5, 5.41) is 0. The minimum Gasteiger partial charge on any atom is -0.494 e. The topological polar surface area (TPSA) is 64.6 Å². The van der Waals surface area contributed by atoms with Crippen LogP contribution in [0.3, 0.4) is 0 Å². The fourth-order valence-corrected chi connectivity index (χ4v) is 3.07. The highest BCUT2D eigenvalue weighted by Gasteiger charge is 2.16. The Morgan fingerprint density at radius 3 is 2.46 bits per heavy atom. The molecule has 2 rings (SSSR count). The normalized spacial score (nSPS) is 11.3. The second-order valence-corrected chi connectivity index (χ2v) is 7.06. The molecule has 2 aromatic rings. The molecule has 24 heavy (non-hydrogen) atoms. The lowest BCUT2D eigenvalue weighted by Crippen LogP contribution is -2.28. The molecule has 1 N–H and O–H groups in total. The minimum atomic E-state index is -3.80. The Balaban J connectivity index is 1.93. The van der Waals surface area contributed by atoms with Crippen LogP contribution >= 0.6 is 0 Å². The Bertz CT molecular complexity index is 821. The maximum Gasteiger partial charge on any atom is 0.240 e. The first-order valence-electron chi connectivity index (χ1n) is 7.37. The Labute approximate surface area is 141 Å². The number of aryl methyl sites for hydroxylation is 2. The smallest absolute Gasteiger partial charge is 0.240 e. The van der Waals surface area contributed by atoms with E-state index in [2.05, 4.69) is 4.72 Å². The first-order valence-corrected chi connectivity index (χ1v) is 8.85. The van der Waals surface area contributed by atoms with Gasteiger partial charge < -0.3 is 9.47 Å². The van der Waals surface area contributed by atoms with Crippen molar-refractivity contribution in [2.24, 2.45) is 0 Å². The summed E-state index contributed by atoms with van der Waals surface area (Å²) >= 11 is 0. The van der Waals surface area contributed by atoms with Crippen molar-refractivity contribution in [1.29, 1.82) is 0 Å². The maximum atomic E-state index is 13.6. The third-order valence-electron chi connectivity index (χ3n) is 3.57. The van der Waals surface area contributed by atoms with E-state index in [1.165, 1.54) is 19.2 Å². The SMILES string of the molecule is COc1ccc(S(=O)(=O)NCCOc2ccc(C)c(C)c2)cc1F. The summed E-state index contributed by atoms with van der Waals surface area (Å²) in [6.45, 7) is 4.22. The molecule has 0 aliphatic carbocycles. The molecule has 0 fully saturated rings. The number of hydrogen-bond donors (Lipinski definition) is 1. The number of hydrogen-bond acceptors (Lipinski definition) is 4. The van der Waals surface area contributed by atoms with Gasteiger partial charge in [0, 0.05) is 6.54 Å². The zero-order valence-electron chi connectivity index (χ0n) is 13.8. The van der Waals surface area contributed by atoms with E-state index in [0.29, 0.717) is 5.75 Å². The third kappa shape index (κ3) is 4.46. The Hall–Kier alpha value is -2.12. The lowest BCUT2D eigenvalue weighted by atomic mass is 10.1. The maximum absolute atomic E-state index is 13.6. The summed E-state index contributed by atoms with van der Waals surface area (Å²) in [7, 11) is -2.49. The van der Waals surface area contributed by atoms with Gasteiger partial charge in [0.05, 0.1) is 12.0 Å². The van der Waals surface area contributed by atoms with Crippen LogP contribution in [0.2, 0.25) is 0 Å². The lowest BCUT2D eigenvalue weighted by Gasteiger charge is -2.10. The van der Waals surface area contributed by atoms with Gasteiger partial charge in [-0.3, -0.25) is 0 Å². The zero-order valence-corrected chi connectivity index (χ0v) is 14.6. The highest BCUT2D eigenvalue weighted by Crippen LogP contribution is 2.20. The number of nitrogens with one attached hydrogen (secondary N) is 1. The first-order chi connectivity index (χ1) is 11.3. The summed E-state index contributed by atoms with van der Waals surface area (Å²) in [6, 6.07) is 9.14. The van der Waals surface area contributed by atoms with E-state index in [1.807, 2.05) is 32.0 Å². The van der Waals surface area contributed by atoms with Gasteiger partial charge in [0.1, 0.15) is 12.4 Å². The van der Waals surface area contributed by atoms with Crippen molar-refractivity contribution in [2.45, 2.75) is 18.7 Å². The summed E-state index contributed by atoms with van der Waals surface area (Å²) < 4.78 is 50.5. The molecule has 0 bridgehead atoms. The number of benzene rings is 2. The molecular weight excluding hydrogens is 333 g/mol. The predicted octanol–water partition coefficient (Wildman–Crippen LogP) is 2.81. The molecule has 2 aromatic carbocycles. The van der Waals surface area contributed by atoms with Gasteiger partial charge in [-0.1, -0.05) is 6.07 Å². The average Bonchev–Trinajstić information content (AvgIpc) is 2.54. The van der Waals surface area contributed by atoms with Crippen LogP contribution in [0.25, 0.3) is 0 Å². The van der Waals surface area contributed by atoms with E-state index in [4.69, 9.17) is 9.47 Å². The van der Waals surface area contributed by atoms with Crippen LogP contribution in [0.1, 0.15) is 11.1 Å². The van der Waals surface area contributed by atoms with Gasteiger partial charge >= 0.3 is 0 Å². The highest BCUT2D eigenvalue weighted by molar-refractivity contribution is 7.89. The molecular formula is C17H20FNO4S. The molecule has 0 unspecified atom stereocenters. The molecule has 0 radical (unpaired) electrons. The van der Waals surface area contributed by atoms with Crippen LogP contribution in [0.5, 0.6) is 11.5 Å². The molecule has 7 heteroatoms. The largest absolute Gasteiger partial charge is 0.494 e. The molecule has 0 spiro atoms. The van der Waals surface area contributed by atoms with Crippen LogP contribution in [0.4, 0.5) is 4.39 Å². The number of methoxy groups -OCH3 is 1. The van der Waals surface area contributed by atoms with E-state index < -0.39 is 15.8 Å². The molecule has 0 saturated carbocycles. The second-order valence-electron chi connectivity index (χ2n) is 5.29. The molecule has 5 nitrogen and oxygen atoms in total. The van der Waals surface area contributed by atoms with Gasteiger partial charge in [-0.15, -0.1) is 0 Å². The zero-order chi connectivity index (χ0) is 17.7. The van der Waals surface area contributed by atoms with Gasteiger partial charge in [-0.25, -0.2) is 17.5 Å². The molecule has 0 saturated heterocycles. The predicted molar refractivity (Wildman–Crippen MR) is 89.6 cm³/mol. The quantitative estimate of drug-likeness (QED) is 0.778. The average molecular weight is 353 g/mol. The lowest BCUT2D eigenvalue weighted by molar-refractivity contribution is 0.322. The van der Waals surface area contributed by atoms with E-state index >= 15 is 0 Å². The minimum absolute atomic E-state index is 0.00739. The standard InChI is InChI=1S/C17H20FNO4S/c1-12-4-5-14(10-13(12)2)23-9-8-19-24(20,21)15-6-7-17(22-3)16(18)11-15/h4-7,10-11,19H,8-9H2,1-3H3.